The van der Waals surface area contributed by atoms with Crippen molar-refractivity contribution in [2.24, 2.45) is 5.92 Å². The molecule has 184 valence electrons. The van der Waals surface area contributed by atoms with Gasteiger partial charge in [-0.25, -0.2) is 4.79 Å². The van der Waals surface area contributed by atoms with Crippen LogP contribution in [-0.2, 0) is 16.0 Å². The van der Waals surface area contributed by atoms with Crippen molar-refractivity contribution in [3.63, 3.8) is 0 Å². The molecule has 0 spiro atoms. The highest BCUT2D eigenvalue weighted by atomic mass is 16.5. The average molecular weight is 470 g/mol. The molecule has 0 radical (unpaired) electrons. The normalized spacial score (nSPS) is 15.6. The topological polar surface area (TPSA) is 101 Å². The third kappa shape index (κ3) is 5.98. The fraction of sp³-hybridized carbons (Fsp3) is 0.500. The molecular formula is C26H35N3O5. The van der Waals surface area contributed by atoms with Gasteiger partial charge in [0, 0.05) is 25.3 Å². The summed E-state index contributed by atoms with van der Waals surface area (Å²) in [4.78, 5) is 43.0. The Labute approximate surface area is 201 Å². The number of piperidine rings is 1. The lowest BCUT2D eigenvalue weighted by Crippen LogP contribution is -2.46. The molecule has 1 aromatic heterocycles. The van der Waals surface area contributed by atoms with Crippen molar-refractivity contribution in [1.82, 2.24) is 15.2 Å². The van der Waals surface area contributed by atoms with Gasteiger partial charge in [-0.05, 0) is 70.2 Å². The molecule has 2 amide bonds. The van der Waals surface area contributed by atoms with Crippen LogP contribution in [0.4, 0.5) is 0 Å². The van der Waals surface area contributed by atoms with Gasteiger partial charge in [-0.2, -0.15) is 0 Å². The zero-order chi connectivity index (χ0) is 24.7. The molecule has 34 heavy (non-hydrogen) atoms. The van der Waals surface area contributed by atoms with E-state index in [2.05, 4.69) is 10.3 Å². The lowest BCUT2D eigenvalue weighted by Gasteiger charge is -2.32. The van der Waals surface area contributed by atoms with Crippen molar-refractivity contribution in [3.05, 3.63) is 52.3 Å². The van der Waals surface area contributed by atoms with Crippen molar-refractivity contribution in [2.75, 3.05) is 32.8 Å². The van der Waals surface area contributed by atoms with Gasteiger partial charge in [0.2, 0.25) is 5.91 Å². The molecule has 1 aliphatic heterocycles. The van der Waals surface area contributed by atoms with Crippen molar-refractivity contribution >= 4 is 17.8 Å². The van der Waals surface area contributed by atoms with Crippen molar-refractivity contribution in [3.8, 4) is 5.75 Å². The van der Waals surface area contributed by atoms with Crippen molar-refractivity contribution in [2.45, 2.75) is 47.0 Å². The van der Waals surface area contributed by atoms with Crippen LogP contribution in [0.5, 0.6) is 5.75 Å². The van der Waals surface area contributed by atoms with Crippen LogP contribution < -0.4 is 10.1 Å². The Morgan fingerprint density at radius 3 is 2.53 bits per heavy atom. The molecule has 2 N–H and O–H groups in total. The number of hydrogen-bond acceptors (Lipinski definition) is 5. The smallest absolute Gasteiger partial charge is 0.340 e. The molecule has 1 fully saturated rings. The number of aromatic nitrogens is 1. The van der Waals surface area contributed by atoms with E-state index in [9.17, 15) is 14.4 Å². The van der Waals surface area contributed by atoms with E-state index in [1.165, 1.54) is 0 Å². The summed E-state index contributed by atoms with van der Waals surface area (Å²) in [5.41, 5.74) is 3.12. The van der Waals surface area contributed by atoms with Crippen molar-refractivity contribution in [1.29, 1.82) is 0 Å². The maximum atomic E-state index is 13.2. The summed E-state index contributed by atoms with van der Waals surface area (Å²) in [5, 5.41) is 3.02. The highest BCUT2D eigenvalue weighted by molar-refractivity contribution is 6.00. The van der Waals surface area contributed by atoms with Crippen LogP contribution in [0.1, 0.15) is 64.4 Å². The second-order valence-corrected chi connectivity index (χ2v) is 8.55. The predicted octanol–water partition coefficient (Wildman–Crippen LogP) is 3.42. The molecule has 0 bridgehead atoms. The molecule has 0 saturated carbocycles. The minimum atomic E-state index is -0.434. The van der Waals surface area contributed by atoms with Crippen LogP contribution in [-0.4, -0.2) is 60.5 Å². The average Bonchev–Trinajstić information content (AvgIpc) is 3.13. The van der Waals surface area contributed by atoms with E-state index >= 15 is 0 Å². The highest BCUT2D eigenvalue weighted by Crippen LogP contribution is 2.24. The number of aryl methyl sites for hydroxylation is 1. The fourth-order valence-corrected chi connectivity index (χ4v) is 4.40. The van der Waals surface area contributed by atoms with E-state index < -0.39 is 5.97 Å². The lowest BCUT2D eigenvalue weighted by molar-refractivity contribution is -0.126. The molecule has 0 unspecified atom stereocenters. The molecule has 8 heteroatoms. The Hall–Kier alpha value is -3.29. The number of carbonyl (C=O) groups excluding carboxylic acids is 3. The second-order valence-electron chi connectivity index (χ2n) is 8.55. The number of aromatic amines is 1. The Morgan fingerprint density at radius 2 is 1.85 bits per heavy atom. The molecule has 1 atom stereocenters. The zero-order valence-electron chi connectivity index (χ0n) is 20.5. The fourth-order valence-electron chi connectivity index (χ4n) is 4.40. The predicted molar refractivity (Wildman–Crippen MR) is 129 cm³/mol. The first-order chi connectivity index (χ1) is 16.3. The van der Waals surface area contributed by atoms with Gasteiger partial charge in [0.1, 0.15) is 11.4 Å². The molecule has 0 aliphatic carbocycles. The van der Waals surface area contributed by atoms with E-state index in [1.807, 2.05) is 31.2 Å². The Balaban J connectivity index is 1.56. The molecule has 1 aliphatic rings. The van der Waals surface area contributed by atoms with Crippen molar-refractivity contribution < 1.29 is 23.9 Å². The van der Waals surface area contributed by atoms with E-state index in [-0.39, 0.29) is 24.3 Å². The van der Waals surface area contributed by atoms with E-state index in [4.69, 9.17) is 9.47 Å². The monoisotopic (exact) mass is 469 g/mol. The van der Waals surface area contributed by atoms with Gasteiger partial charge < -0.3 is 24.7 Å². The number of hydrogen-bond donors (Lipinski definition) is 2. The largest absolute Gasteiger partial charge is 0.494 e. The van der Waals surface area contributed by atoms with E-state index in [1.54, 1.807) is 25.7 Å². The number of nitrogens with zero attached hydrogens (tertiary/aromatic N) is 1. The first-order valence-electron chi connectivity index (χ1n) is 12.0. The van der Waals surface area contributed by atoms with Gasteiger partial charge >= 0.3 is 5.97 Å². The summed E-state index contributed by atoms with van der Waals surface area (Å²) in [7, 11) is 0. The summed E-state index contributed by atoms with van der Waals surface area (Å²) in [6, 6.07) is 7.87. The lowest BCUT2D eigenvalue weighted by atomic mass is 9.96. The van der Waals surface area contributed by atoms with Crippen LogP contribution in [0.2, 0.25) is 0 Å². The first kappa shape index (κ1) is 25.3. The zero-order valence-corrected chi connectivity index (χ0v) is 20.5. The van der Waals surface area contributed by atoms with Gasteiger partial charge in [-0.3, -0.25) is 9.59 Å². The number of carbonyl (C=O) groups is 3. The quantitative estimate of drug-likeness (QED) is 0.548. The molecule has 1 saturated heterocycles. The molecule has 2 heterocycles. The summed E-state index contributed by atoms with van der Waals surface area (Å²) >= 11 is 0. The van der Waals surface area contributed by atoms with E-state index in [0.717, 1.165) is 30.6 Å². The van der Waals surface area contributed by atoms with Crippen LogP contribution in [0.25, 0.3) is 0 Å². The number of nitrogens with one attached hydrogen (secondary N) is 2. The summed E-state index contributed by atoms with van der Waals surface area (Å²) in [6.45, 7) is 9.59. The second kappa shape index (κ2) is 11.7. The molecule has 8 nitrogen and oxygen atoms in total. The van der Waals surface area contributed by atoms with Crippen LogP contribution in [0.15, 0.2) is 24.3 Å². The number of esters is 1. The molecule has 1 aromatic carbocycles. The maximum absolute atomic E-state index is 13.2. The number of benzene rings is 1. The summed E-state index contributed by atoms with van der Waals surface area (Å²) in [6.07, 6.45) is 2.23. The SMILES string of the molecule is CCOC(=O)c1c(C)[nH]c(C(=O)N2CCC[C@@H](C(=O)NCCc3ccc(OCC)cc3)C2)c1C. The minimum absolute atomic E-state index is 0.0324. The number of amides is 2. The molecular weight excluding hydrogens is 434 g/mol. The van der Waals surface area contributed by atoms with Gasteiger partial charge in [-0.15, -0.1) is 0 Å². The molecule has 2 aromatic rings. The van der Waals surface area contributed by atoms with E-state index in [0.29, 0.717) is 48.8 Å². The van der Waals surface area contributed by atoms with Gasteiger partial charge in [0.05, 0.1) is 24.7 Å². The Kier molecular flexibility index (Phi) is 8.73. The van der Waals surface area contributed by atoms with Crippen LogP contribution in [0.3, 0.4) is 0 Å². The number of rotatable bonds is 9. The van der Waals surface area contributed by atoms with Gasteiger partial charge in [0.15, 0.2) is 0 Å². The summed E-state index contributed by atoms with van der Waals surface area (Å²) in [5.74, 6) is -0.0719. The van der Waals surface area contributed by atoms with Crippen LogP contribution >= 0.6 is 0 Å². The standard InChI is InChI=1S/C26H35N3O5/c1-5-33-21-11-9-19(10-12-21)13-14-27-24(30)20-8-7-15-29(16-20)25(31)23-17(3)22(18(4)28-23)26(32)34-6-2/h9-12,20,28H,5-8,13-16H2,1-4H3,(H,27,30)/t20-/m1/s1. The maximum Gasteiger partial charge on any atom is 0.340 e. The first-order valence-corrected chi connectivity index (χ1v) is 12.0. The third-order valence-electron chi connectivity index (χ3n) is 6.16. The minimum Gasteiger partial charge on any atom is -0.494 e. The third-order valence-corrected chi connectivity index (χ3v) is 6.16. The number of likely N-dealkylation sites (tertiary alicyclic amines) is 1. The molecule has 3 rings (SSSR count). The Morgan fingerprint density at radius 1 is 1.12 bits per heavy atom. The number of ether oxygens (including phenoxy) is 2. The number of H-pyrrole nitrogens is 1. The summed E-state index contributed by atoms with van der Waals surface area (Å²) < 4.78 is 10.6. The van der Waals surface area contributed by atoms with Gasteiger partial charge in [-0.1, -0.05) is 12.1 Å². The Bertz CT molecular complexity index is 1010. The highest BCUT2D eigenvalue weighted by Gasteiger charge is 2.31. The van der Waals surface area contributed by atoms with Gasteiger partial charge in [0.25, 0.3) is 5.91 Å². The van der Waals surface area contributed by atoms with Crippen LogP contribution in [0, 0.1) is 19.8 Å².